The van der Waals surface area contributed by atoms with Crippen LogP contribution in [0.15, 0.2) is 36.0 Å². The maximum absolute atomic E-state index is 10.2. The van der Waals surface area contributed by atoms with E-state index >= 15 is 0 Å². The number of aliphatic hydroxyl groups is 1. The number of hydrogen-bond acceptors (Lipinski definition) is 1. The Morgan fingerprint density at radius 2 is 1.93 bits per heavy atom. The van der Waals surface area contributed by atoms with Gasteiger partial charge in [-0.1, -0.05) is 63.6 Å². The number of hydrogen-bond donors (Lipinski definition) is 1. The normalized spacial score (nSPS) is 45.3. The molecule has 0 aromatic rings. The van der Waals surface area contributed by atoms with E-state index in [1.165, 1.54) is 44.1 Å². The minimum atomic E-state index is -0.0932. The third-order valence-corrected chi connectivity index (χ3v) is 10.5. The molecule has 1 heteroatoms. The van der Waals surface area contributed by atoms with E-state index in [0.717, 1.165) is 42.9 Å². The Kier molecular flexibility index (Phi) is 6.17. The van der Waals surface area contributed by atoms with Gasteiger partial charge in [-0.25, -0.2) is 0 Å². The summed E-state index contributed by atoms with van der Waals surface area (Å²) >= 11 is 0. The third-order valence-electron chi connectivity index (χ3n) is 10.5. The van der Waals surface area contributed by atoms with Crippen molar-refractivity contribution in [1.29, 1.82) is 0 Å². The molecule has 0 amide bonds. The minimum absolute atomic E-state index is 0.0932. The molecular weight excluding hydrogens is 364 g/mol. The minimum Gasteiger partial charge on any atom is -0.393 e. The van der Waals surface area contributed by atoms with Gasteiger partial charge >= 0.3 is 0 Å². The van der Waals surface area contributed by atoms with Crippen molar-refractivity contribution in [3.63, 3.8) is 0 Å². The Hall–Kier alpha value is -0.820. The first-order valence-electron chi connectivity index (χ1n) is 12.9. The summed E-state index contributed by atoms with van der Waals surface area (Å²) in [5.41, 5.74) is 3.77. The second-order valence-corrected chi connectivity index (χ2v) is 12.0. The molecule has 0 radical (unpaired) electrons. The van der Waals surface area contributed by atoms with E-state index in [1.54, 1.807) is 5.57 Å². The summed E-state index contributed by atoms with van der Waals surface area (Å²) in [7, 11) is 0. The monoisotopic (exact) mass is 410 g/mol. The van der Waals surface area contributed by atoms with Gasteiger partial charge in [0, 0.05) is 0 Å². The second-order valence-electron chi connectivity index (χ2n) is 12.0. The highest BCUT2D eigenvalue weighted by Gasteiger charge is 2.58. The highest BCUT2D eigenvalue weighted by Crippen LogP contribution is 2.67. The quantitative estimate of drug-likeness (QED) is 0.460. The summed E-state index contributed by atoms with van der Waals surface area (Å²) in [5, 5.41) is 10.2. The standard InChI is InChI=1S/C29H46O/c1-7-21(19(2)3)9-8-20(4)25-12-13-26-24-11-10-22-18-23(30)14-16-28(22,5)27(24)15-17-29(25,26)6/h8-10,20-21,23-27,30H,2,7,11-18H2,1,3-6H3/b9-8+/t20-,21-,23-,24-,25+,26-,27-,28-,29+/m0/s1. The summed E-state index contributed by atoms with van der Waals surface area (Å²) < 4.78 is 0. The molecule has 0 unspecified atom stereocenters. The summed E-state index contributed by atoms with van der Waals surface area (Å²) in [5.74, 6) is 4.64. The second kappa shape index (κ2) is 8.27. The highest BCUT2D eigenvalue weighted by molar-refractivity contribution is 5.25. The molecular formula is C29H46O. The fourth-order valence-electron chi connectivity index (χ4n) is 8.64. The number of aliphatic hydroxyl groups excluding tert-OH is 1. The summed E-state index contributed by atoms with van der Waals surface area (Å²) in [4.78, 5) is 0. The Balaban J connectivity index is 1.53. The highest BCUT2D eigenvalue weighted by atomic mass is 16.3. The SMILES string of the molecule is C=C(C)[C@H](/C=C/[C@H](C)[C@H]1CC[C@H]2[C@@H]3CC=C4C[C@@H](O)CC[C@]4(C)[C@H]3CC[C@]12C)CC. The van der Waals surface area contributed by atoms with Crippen molar-refractivity contribution in [1.82, 2.24) is 0 Å². The molecule has 9 atom stereocenters. The van der Waals surface area contributed by atoms with Crippen LogP contribution in [0, 0.1) is 46.3 Å². The average molecular weight is 411 g/mol. The van der Waals surface area contributed by atoms with Crippen molar-refractivity contribution in [2.24, 2.45) is 46.3 Å². The topological polar surface area (TPSA) is 20.2 Å². The Labute approximate surface area is 186 Å². The van der Waals surface area contributed by atoms with E-state index in [1.807, 2.05) is 0 Å². The van der Waals surface area contributed by atoms with Gasteiger partial charge in [-0.05, 0) is 111 Å². The lowest BCUT2D eigenvalue weighted by Gasteiger charge is -2.58. The molecule has 4 rings (SSSR count). The van der Waals surface area contributed by atoms with E-state index in [2.05, 4.69) is 59.4 Å². The van der Waals surface area contributed by atoms with Crippen LogP contribution in [0.25, 0.3) is 0 Å². The van der Waals surface area contributed by atoms with Crippen molar-refractivity contribution in [2.45, 2.75) is 98.5 Å². The lowest BCUT2D eigenvalue weighted by Crippen LogP contribution is -2.50. The molecule has 30 heavy (non-hydrogen) atoms. The molecule has 0 aromatic heterocycles. The molecule has 3 fully saturated rings. The van der Waals surface area contributed by atoms with E-state index < -0.39 is 0 Å². The predicted molar refractivity (Wildman–Crippen MR) is 128 cm³/mol. The molecule has 0 aliphatic heterocycles. The maximum atomic E-state index is 10.2. The lowest BCUT2D eigenvalue weighted by atomic mass is 9.47. The van der Waals surface area contributed by atoms with Crippen LogP contribution in [-0.4, -0.2) is 11.2 Å². The molecule has 1 N–H and O–H groups in total. The Morgan fingerprint density at radius 1 is 1.17 bits per heavy atom. The zero-order valence-electron chi connectivity index (χ0n) is 20.3. The Morgan fingerprint density at radius 3 is 2.63 bits per heavy atom. The predicted octanol–water partition coefficient (Wildman–Crippen LogP) is 7.72. The lowest BCUT2D eigenvalue weighted by molar-refractivity contribution is -0.0540. The van der Waals surface area contributed by atoms with Crippen molar-refractivity contribution in [3.05, 3.63) is 36.0 Å². The van der Waals surface area contributed by atoms with Crippen LogP contribution in [0.2, 0.25) is 0 Å². The largest absolute Gasteiger partial charge is 0.393 e. The summed E-state index contributed by atoms with van der Waals surface area (Å²) in [6.45, 7) is 16.3. The van der Waals surface area contributed by atoms with Crippen molar-refractivity contribution in [2.75, 3.05) is 0 Å². The first kappa shape index (κ1) is 22.4. The van der Waals surface area contributed by atoms with Crippen LogP contribution in [0.4, 0.5) is 0 Å². The number of fused-ring (bicyclic) bond motifs is 5. The van der Waals surface area contributed by atoms with Crippen molar-refractivity contribution < 1.29 is 5.11 Å². The molecule has 0 saturated heterocycles. The van der Waals surface area contributed by atoms with Gasteiger partial charge in [0.25, 0.3) is 0 Å². The van der Waals surface area contributed by atoms with Gasteiger partial charge in [-0.3, -0.25) is 0 Å². The molecule has 0 heterocycles. The molecule has 4 aliphatic rings. The maximum Gasteiger partial charge on any atom is 0.0577 e. The first-order valence-corrected chi connectivity index (χ1v) is 12.9. The summed E-state index contributed by atoms with van der Waals surface area (Å²) in [6.07, 6.45) is 18.7. The van der Waals surface area contributed by atoms with Gasteiger partial charge < -0.3 is 5.11 Å². The van der Waals surface area contributed by atoms with Gasteiger partial charge in [0.15, 0.2) is 0 Å². The molecule has 0 bridgehead atoms. The van der Waals surface area contributed by atoms with Gasteiger partial charge in [0.2, 0.25) is 0 Å². The van der Waals surface area contributed by atoms with Gasteiger partial charge in [-0.2, -0.15) is 0 Å². The third kappa shape index (κ3) is 3.58. The van der Waals surface area contributed by atoms with E-state index in [0.29, 0.717) is 22.7 Å². The van der Waals surface area contributed by atoms with Gasteiger partial charge in [0.05, 0.1) is 6.10 Å². The van der Waals surface area contributed by atoms with Gasteiger partial charge in [0.1, 0.15) is 0 Å². The number of allylic oxidation sites excluding steroid dienone is 4. The average Bonchev–Trinajstić information content (AvgIpc) is 3.06. The fraction of sp³-hybridized carbons (Fsp3) is 0.793. The first-order chi connectivity index (χ1) is 14.2. The van der Waals surface area contributed by atoms with E-state index in [9.17, 15) is 5.11 Å². The van der Waals surface area contributed by atoms with E-state index in [-0.39, 0.29) is 6.10 Å². The molecule has 0 spiro atoms. The molecule has 4 aliphatic carbocycles. The fourth-order valence-corrected chi connectivity index (χ4v) is 8.64. The van der Waals surface area contributed by atoms with Crippen LogP contribution in [0.1, 0.15) is 92.4 Å². The van der Waals surface area contributed by atoms with Crippen molar-refractivity contribution in [3.8, 4) is 0 Å². The Bertz CT molecular complexity index is 716. The molecule has 1 nitrogen and oxygen atoms in total. The van der Waals surface area contributed by atoms with E-state index in [4.69, 9.17) is 0 Å². The zero-order valence-corrected chi connectivity index (χ0v) is 20.3. The molecule has 3 saturated carbocycles. The smallest absolute Gasteiger partial charge is 0.0577 e. The van der Waals surface area contributed by atoms with Crippen LogP contribution >= 0.6 is 0 Å². The zero-order chi connectivity index (χ0) is 21.7. The van der Waals surface area contributed by atoms with Crippen LogP contribution in [-0.2, 0) is 0 Å². The van der Waals surface area contributed by atoms with Crippen LogP contribution in [0.3, 0.4) is 0 Å². The molecule has 168 valence electrons. The van der Waals surface area contributed by atoms with Crippen LogP contribution in [0.5, 0.6) is 0 Å². The number of rotatable bonds is 5. The van der Waals surface area contributed by atoms with Gasteiger partial charge in [-0.15, -0.1) is 0 Å². The molecule has 0 aromatic carbocycles. The van der Waals surface area contributed by atoms with Crippen molar-refractivity contribution >= 4 is 0 Å². The summed E-state index contributed by atoms with van der Waals surface area (Å²) in [6, 6.07) is 0. The van der Waals surface area contributed by atoms with Crippen LogP contribution < -0.4 is 0 Å².